The van der Waals surface area contributed by atoms with Crippen molar-refractivity contribution in [2.45, 2.75) is 18.8 Å². The topological polar surface area (TPSA) is 66.0 Å². The lowest BCUT2D eigenvalue weighted by atomic mass is 9.96. The number of carboxylic acids is 1. The van der Waals surface area contributed by atoms with Crippen LogP contribution < -0.4 is 0 Å². The van der Waals surface area contributed by atoms with Crippen molar-refractivity contribution in [3.05, 3.63) is 52.8 Å². The third-order valence-corrected chi connectivity index (χ3v) is 3.33. The van der Waals surface area contributed by atoms with Gasteiger partial charge >= 0.3 is 5.97 Å². The van der Waals surface area contributed by atoms with Gasteiger partial charge in [0.05, 0.1) is 0 Å². The first kappa shape index (κ1) is 10.1. The zero-order valence-electron chi connectivity index (χ0n) is 9.18. The quantitative estimate of drug-likeness (QED) is 0.826. The molecule has 1 heterocycles. The summed E-state index contributed by atoms with van der Waals surface area (Å²) in [6, 6.07) is 10.2. The summed E-state index contributed by atoms with van der Waals surface area (Å²) in [7, 11) is 0. The molecule has 0 bridgehead atoms. The van der Waals surface area contributed by atoms with Crippen molar-refractivity contribution in [2.24, 2.45) is 0 Å². The van der Waals surface area contributed by atoms with Crippen LogP contribution in [0.2, 0.25) is 0 Å². The van der Waals surface area contributed by atoms with Gasteiger partial charge in [0.2, 0.25) is 0 Å². The minimum Gasteiger partial charge on any atom is -0.476 e. The maximum Gasteiger partial charge on any atom is 0.356 e. The highest BCUT2D eigenvalue weighted by atomic mass is 16.4. The van der Waals surface area contributed by atoms with E-state index in [-0.39, 0.29) is 5.69 Å². The number of rotatable bonds is 2. The Hall–Kier alpha value is -2.10. The zero-order chi connectivity index (χ0) is 11.8. The number of fused-ring (bicyclic) bond motifs is 1. The lowest BCUT2D eigenvalue weighted by Crippen LogP contribution is -2.03. The molecular formula is C13H12N2O2. The van der Waals surface area contributed by atoms with Crippen LogP contribution in [-0.4, -0.2) is 21.3 Å². The number of aromatic carboxylic acids is 1. The summed E-state index contributed by atoms with van der Waals surface area (Å²) in [5.74, 6) is -0.574. The fourth-order valence-electron chi connectivity index (χ4n) is 2.49. The average molecular weight is 228 g/mol. The molecule has 0 radical (unpaired) electrons. The maximum absolute atomic E-state index is 11.0. The van der Waals surface area contributed by atoms with Crippen LogP contribution in [0, 0.1) is 0 Å². The van der Waals surface area contributed by atoms with Gasteiger partial charge in [0.15, 0.2) is 5.69 Å². The van der Waals surface area contributed by atoms with E-state index in [1.807, 2.05) is 18.2 Å². The molecule has 1 aromatic carbocycles. The lowest BCUT2D eigenvalue weighted by Gasteiger charge is -2.08. The molecule has 1 aliphatic carbocycles. The van der Waals surface area contributed by atoms with Crippen LogP contribution in [0.1, 0.15) is 33.2 Å². The van der Waals surface area contributed by atoms with Crippen LogP contribution in [0.5, 0.6) is 0 Å². The van der Waals surface area contributed by atoms with Crippen molar-refractivity contribution in [1.82, 2.24) is 10.2 Å². The maximum atomic E-state index is 11.0. The minimum atomic E-state index is -0.948. The molecule has 2 aromatic rings. The van der Waals surface area contributed by atoms with E-state index in [0.717, 1.165) is 24.1 Å². The first-order valence-corrected chi connectivity index (χ1v) is 5.60. The van der Waals surface area contributed by atoms with Crippen LogP contribution in [-0.2, 0) is 12.8 Å². The van der Waals surface area contributed by atoms with Crippen molar-refractivity contribution < 1.29 is 9.90 Å². The number of hydrogen-bond acceptors (Lipinski definition) is 2. The summed E-state index contributed by atoms with van der Waals surface area (Å²) in [4.78, 5) is 11.0. The second kappa shape index (κ2) is 3.73. The number of aromatic nitrogens is 2. The summed E-state index contributed by atoms with van der Waals surface area (Å²) in [5, 5.41) is 15.7. The summed E-state index contributed by atoms with van der Waals surface area (Å²) in [5.41, 5.74) is 3.27. The molecule has 2 N–H and O–H groups in total. The van der Waals surface area contributed by atoms with E-state index in [2.05, 4.69) is 22.3 Å². The molecule has 4 heteroatoms. The Bertz CT molecular complexity index is 560. The van der Waals surface area contributed by atoms with Crippen molar-refractivity contribution in [3.63, 3.8) is 0 Å². The zero-order valence-corrected chi connectivity index (χ0v) is 9.18. The van der Waals surface area contributed by atoms with E-state index in [9.17, 15) is 4.79 Å². The number of nitrogens with zero attached hydrogens (tertiary/aromatic N) is 1. The smallest absolute Gasteiger partial charge is 0.356 e. The van der Waals surface area contributed by atoms with E-state index < -0.39 is 5.97 Å². The summed E-state index contributed by atoms with van der Waals surface area (Å²) in [6.45, 7) is 0. The number of hydrogen-bond donors (Lipinski definition) is 2. The molecule has 1 unspecified atom stereocenters. The van der Waals surface area contributed by atoms with Gasteiger partial charge in [-0.2, -0.15) is 5.10 Å². The van der Waals surface area contributed by atoms with E-state index in [4.69, 9.17) is 5.11 Å². The van der Waals surface area contributed by atoms with Gasteiger partial charge in [0.1, 0.15) is 0 Å². The molecular weight excluding hydrogens is 216 g/mol. The van der Waals surface area contributed by atoms with Crippen LogP contribution >= 0.6 is 0 Å². The number of benzene rings is 1. The van der Waals surface area contributed by atoms with Gasteiger partial charge in [0, 0.05) is 11.3 Å². The number of nitrogens with one attached hydrogen (secondary N) is 1. The van der Waals surface area contributed by atoms with Crippen molar-refractivity contribution in [1.29, 1.82) is 0 Å². The largest absolute Gasteiger partial charge is 0.476 e. The van der Waals surface area contributed by atoms with Gasteiger partial charge in [-0.3, -0.25) is 5.10 Å². The molecule has 1 aromatic heterocycles. The van der Waals surface area contributed by atoms with Crippen LogP contribution in [0.4, 0.5) is 0 Å². The summed E-state index contributed by atoms with van der Waals surface area (Å²) >= 11 is 0. The highest BCUT2D eigenvalue weighted by molar-refractivity contribution is 5.87. The molecule has 17 heavy (non-hydrogen) atoms. The van der Waals surface area contributed by atoms with Crippen LogP contribution in [0.3, 0.4) is 0 Å². The number of carbonyl (C=O) groups is 1. The second-order valence-electron chi connectivity index (χ2n) is 4.35. The predicted octanol–water partition coefficient (Wildman–Crippen LogP) is 1.99. The standard InChI is InChI=1S/C13H12N2O2/c16-13(17)12-10-6-9(7-11(10)14-15-12)8-4-2-1-3-5-8/h1-5,9H,6-7H2,(H,14,15)(H,16,17). The normalized spacial score (nSPS) is 18.0. The van der Waals surface area contributed by atoms with E-state index in [1.54, 1.807) is 0 Å². The SMILES string of the molecule is O=C(O)c1n[nH]c2c1CC(c1ccccc1)C2. The highest BCUT2D eigenvalue weighted by Crippen LogP contribution is 2.34. The molecule has 86 valence electrons. The first-order chi connectivity index (χ1) is 8.25. The molecule has 0 spiro atoms. The number of H-pyrrole nitrogens is 1. The van der Waals surface area contributed by atoms with E-state index in [1.165, 1.54) is 5.56 Å². The first-order valence-electron chi connectivity index (χ1n) is 5.60. The second-order valence-corrected chi connectivity index (χ2v) is 4.35. The molecule has 0 fully saturated rings. The molecule has 4 nitrogen and oxygen atoms in total. The third-order valence-electron chi connectivity index (χ3n) is 3.33. The van der Waals surface area contributed by atoms with E-state index in [0.29, 0.717) is 5.92 Å². The Balaban J connectivity index is 1.91. The van der Waals surface area contributed by atoms with Gasteiger partial charge < -0.3 is 5.11 Å². The Morgan fingerprint density at radius 2 is 2.06 bits per heavy atom. The van der Waals surface area contributed by atoms with Gasteiger partial charge in [-0.15, -0.1) is 0 Å². The number of carboxylic acid groups (broad SMARTS) is 1. The Morgan fingerprint density at radius 1 is 1.29 bits per heavy atom. The highest BCUT2D eigenvalue weighted by Gasteiger charge is 2.29. The minimum absolute atomic E-state index is 0.179. The molecule has 0 saturated carbocycles. The lowest BCUT2D eigenvalue weighted by molar-refractivity contribution is 0.0689. The third kappa shape index (κ3) is 1.62. The molecule has 0 aliphatic heterocycles. The molecule has 1 aliphatic rings. The van der Waals surface area contributed by atoms with Gasteiger partial charge in [-0.25, -0.2) is 4.79 Å². The van der Waals surface area contributed by atoms with Crippen molar-refractivity contribution in [2.75, 3.05) is 0 Å². The van der Waals surface area contributed by atoms with Crippen molar-refractivity contribution in [3.8, 4) is 0 Å². The fraction of sp³-hybridized carbons (Fsp3) is 0.231. The fourth-order valence-corrected chi connectivity index (χ4v) is 2.49. The molecule has 0 amide bonds. The van der Waals surface area contributed by atoms with Crippen molar-refractivity contribution >= 4 is 5.97 Å². The Morgan fingerprint density at radius 3 is 2.76 bits per heavy atom. The monoisotopic (exact) mass is 228 g/mol. The van der Waals surface area contributed by atoms with Gasteiger partial charge in [0.25, 0.3) is 0 Å². The van der Waals surface area contributed by atoms with Gasteiger partial charge in [-0.05, 0) is 24.3 Å². The molecule has 0 saturated heterocycles. The Labute approximate surface area is 98.3 Å². The predicted molar refractivity (Wildman–Crippen MR) is 62.1 cm³/mol. The van der Waals surface area contributed by atoms with Gasteiger partial charge in [-0.1, -0.05) is 30.3 Å². The van der Waals surface area contributed by atoms with Crippen LogP contribution in [0.25, 0.3) is 0 Å². The van der Waals surface area contributed by atoms with Crippen LogP contribution in [0.15, 0.2) is 30.3 Å². The Kier molecular flexibility index (Phi) is 2.21. The number of aromatic amines is 1. The summed E-state index contributed by atoms with van der Waals surface area (Å²) < 4.78 is 0. The summed E-state index contributed by atoms with van der Waals surface area (Å²) in [6.07, 6.45) is 1.61. The molecule has 3 rings (SSSR count). The average Bonchev–Trinajstić information content (AvgIpc) is 2.88. The van der Waals surface area contributed by atoms with E-state index >= 15 is 0 Å². The molecule has 1 atom stereocenters.